The van der Waals surface area contributed by atoms with Crippen molar-refractivity contribution in [1.82, 2.24) is 9.80 Å². The first-order chi connectivity index (χ1) is 20.2. The van der Waals surface area contributed by atoms with E-state index in [1.165, 1.54) is 35.2 Å². The summed E-state index contributed by atoms with van der Waals surface area (Å²) in [4.78, 5) is 16.9. The first kappa shape index (κ1) is 32.2. The second-order valence-electron chi connectivity index (χ2n) is 10.8. The van der Waals surface area contributed by atoms with E-state index >= 15 is 0 Å². The third-order valence-electron chi connectivity index (χ3n) is 7.27. The van der Waals surface area contributed by atoms with E-state index in [1.54, 1.807) is 14.0 Å². The predicted molar refractivity (Wildman–Crippen MR) is 153 cm³/mol. The summed E-state index contributed by atoms with van der Waals surface area (Å²) in [5, 5.41) is 9.88. The molecule has 0 radical (unpaired) electrons. The molecule has 13 heteroatoms. The molecule has 3 aromatic carbocycles. The highest BCUT2D eigenvalue weighted by molar-refractivity contribution is 7.92. The number of anilines is 1. The van der Waals surface area contributed by atoms with Gasteiger partial charge in [0, 0.05) is 31.2 Å². The van der Waals surface area contributed by atoms with Crippen molar-refractivity contribution in [3.05, 3.63) is 89.2 Å². The maximum atomic E-state index is 13.7. The zero-order valence-corrected chi connectivity index (χ0v) is 24.6. The van der Waals surface area contributed by atoms with E-state index in [4.69, 9.17) is 4.74 Å². The molecular weight excluding hydrogens is 590 g/mol. The summed E-state index contributed by atoms with van der Waals surface area (Å²) in [6.45, 7) is 4.22. The van der Waals surface area contributed by atoms with Gasteiger partial charge in [-0.1, -0.05) is 19.1 Å². The molecule has 0 saturated carbocycles. The number of likely N-dealkylation sites (N-methyl/N-ethyl adjacent to an activating group) is 1. The van der Waals surface area contributed by atoms with Crippen LogP contribution >= 0.6 is 0 Å². The van der Waals surface area contributed by atoms with Crippen molar-refractivity contribution < 1.29 is 40.6 Å². The van der Waals surface area contributed by atoms with Gasteiger partial charge in [0.2, 0.25) is 0 Å². The van der Waals surface area contributed by atoms with Crippen LogP contribution < -0.4 is 9.46 Å². The minimum atomic E-state index is -4.42. The van der Waals surface area contributed by atoms with Gasteiger partial charge in [0.15, 0.2) is 0 Å². The number of benzene rings is 3. The number of alkyl halides is 3. The van der Waals surface area contributed by atoms with Gasteiger partial charge in [-0.05, 0) is 74.1 Å². The lowest BCUT2D eigenvalue weighted by Crippen LogP contribution is -2.49. The first-order valence-electron chi connectivity index (χ1n) is 13.5. The van der Waals surface area contributed by atoms with Crippen LogP contribution in [0.2, 0.25) is 0 Å². The first-order valence-corrected chi connectivity index (χ1v) is 15.0. The maximum absolute atomic E-state index is 13.7. The normalized spacial score (nSPS) is 18.4. The number of hydrogen-bond donors (Lipinski definition) is 2. The lowest BCUT2D eigenvalue weighted by molar-refractivity contribution is -0.137. The van der Waals surface area contributed by atoms with Crippen molar-refractivity contribution in [3.8, 4) is 5.75 Å². The number of carbonyl (C=O) groups is 1. The molecule has 0 unspecified atom stereocenters. The van der Waals surface area contributed by atoms with Crippen molar-refractivity contribution in [2.75, 3.05) is 31.5 Å². The van der Waals surface area contributed by atoms with Crippen LogP contribution in [0.4, 0.5) is 23.2 Å². The molecule has 0 spiro atoms. The molecular formula is C30H33F4N3O5S. The van der Waals surface area contributed by atoms with Crippen LogP contribution in [0.5, 0.6) is 5.75 Å². The van der Waals surface area contributed by atoms with Gasteiger partial charge in [0.1, 0.15) is 17.7 Å². The topological polar surface area (TPSA) is 99.2 Å². The molecule has 0 bridgehead atoms. The van der Waals surface area contributed by atoms with Crippen LogP contribution in [0, 0.1) is 11.7 Å². The number of sulfonamides is 1. The summed E-state index contributed by atoms with van der Waals surface area (Å²) in [6, 6.07) is 13.0. The Morgan fingerprint density at radius 2 is 1.74 bits per heavy atom. The second kappa shape index (κ2) is 12.9. The second-order valence-corrected chi connectivity index (χ2v) is 12.5. The highest BCUT2D eigenvalue weighted by atomic mass is 32.2. The number of aliphatic hydroxyl groups is 1. The van der Waals surface area contributed by atoms with Crippen LogP contribution in [0.3, 0.4) is 0 Å². The van der Waals surface area contributed by atoms with E-state index in [2.05, 4.69) is 4.72 Å². The molecule has 0 saturated heterocycles. The minimum Gasteiger partial charge on any atom is -0.488 e. The quantitative estimate of drug-likeness (QED) is 0.326. The van der Waals surface area contributed by atoms with Gasteiger partial charge in [-0.3, -0.25) is 14.4 Å². The van der Waals surface area contributed by atoms with Gasteiger partial charge in [-0.25, -0.2) is 12.8 Å². The molecule has 232 valence electrons. The average Bonchev–Trinajstić information content (AvgIpc) is 2.94. The van der Waals surface area contributed by atoms with Crippen LogP contribution in [-0.2, 0) is 22.7 Å². The Labute approximate surface area is 247 Å². The fourth-order valence-corrected chi connectivity index (χ4v) is 5.86. The lowest BCUT2D eigenvalue weighted by Gasteiger charge is -2.38. The molecule has 1 aliphatic heterocycles. The predicted octanol–water partition coefficient (Wildman–Crippen LogP) is 5.00. The van der Waals surface area contributed by atoms with Crippen LogP contribution in [-0.4, -0.2) is 68.1 Å². The Bertz CT molecular complexity index is 1530. The molecule has 2 N–H and O–H groups in total. The highest BCUT2D eigenvalue weighted by Gasteiger charge is 2.34. The minimum absolute atomic E-state index is 0.0845. The van der Waals surface area contributed by atoms with E-state index in [9.17, 15) is 35.9 Å². The standard InChI is InChI=1S/C30H33F4N3O5S/c1-19-15-37(20(2)18-38)29(39)26-14-24(35-43(40,41)25-11-8-23(31)9-12-25)10-13-27(26)42-28(19)17-36(3)16-21-4-6-22(7-5-21)30(32,33)34/h4-14,19-20,28,35,38H,15-18H2,1-3H3/t19-,20-,28+/m1/s1. The van der Waals surface area contributed by atoms with Gasteiger partial charge < -0.3 is 14.7 Å². The molecule has 0 fully saturated rings. The number of ether oxygens (including phenoxy) is 1. The van der Waals surface area contributed by atoms with Gasteiger partial charge in [-0.2, -0.15) is 13.2 Å². The smallest absolute Gasteiger partial charge is 0.416 e. The Hall–Kier alpha value is -3.68. The molecule has 1 heterocycles. The fourth-order valence-electron chi connectivity index (χ4n) is 4.81. The van der Waals surface area contributed by atoms with E-state index in [0.717, 1.165) is 36.4 Å². The van der Waals surface area contributed by atoms with E-state index in [0.29, 0.717) is 18.7 Å². The molecule has 3 aromatic rings. The summed E-state index contributed by atoms with van der Waals surface area (Å²) in [6.07, 6.45) is -4.89. The lowest BCUT2D eigenvalue weighted by atomic mass is 9.99. The molecule has 1 amide bonds. The third kappa shape index (κ3) is 7.84. The van der Waals surface area contributed by atoms with Crippen molar-refractivity contribution in [2.24, 2.45) is 5.92 Å². The SMILES string of the molecule is C[C@@H]1CN([C@H](C)CO)C(=O)c2cc(NS(=O)(=O)c3ccc(F)cc3)ccc2O[C@H]1CN(C)Cc1ccc(C(F)(F)F)cc1. The molecule has 8 nitrogen and oxygen atoms in total. The summed E-state index contributed by atoms with van der Waals surface area (Å²) >= 11 is 0. The molecule has 43 heavy (non-hydrogen) atoms. The fraction of sp³-hybridized carbons (Fsp3) is 0.367. The number of nitrogens with zero attached hydrogens (tertiary/aromatic N) is 2. The maximum Gasteiger partial charge on any atom is 0.416 e. The Balaban J connectivity index is 1.59. The monoisotopic (exact) mass is 623 g/mol. The summed E-state index contributed by atoms with van der Waals surface area (Å²) in [7, 11) is -2.29. The van der Waals surface area contributed by atoms with Crippen molar-refractivity contribution in [2.45, 2.75) is 43.6 Å². The van der Waals surface area contributed by atoms with Crippen molar-refractivity contribution in [1.29, 1.82) is 0 Å². The Morgan fingerprint density at radius 3 is 2.35 bits per heavy atom. The van der Waals surface area contributed by atoms with E-state index < -0.39 is 45.6 Å². The third-order valence-corrected chi connectivity index (χ3v) is 8.66. The van der Waals surface area contributed by atoms with E-state index in [1.807, 2.05) is 11.8 Å². The van der Waals surface area contributed by atoms with Crippen LogP contribution in [0.15, 0.2) is 71.6 Å². The average molecular weight is 624 g/mol. The number of aliphatic hydroxyl groups excluding tert-OH is 1. The summed E-state index contributed by atoms with van der Waals surface area (Å²) in [5.41, 5.74) is 0.121. The largest absolute Gasteiger partial charge is 0.488 e. The zero-order valence-electron chi connectivity index (χ0n) is 23.8. The zero-order chi connectivity index (χ0) is 31.5. The van der Waals surface area contributed by atoms with Gasteiger partial charge >= 0.3 is 6.18 Å². The highest BCUT2D eigenvalue weighted by Crippen LogP contribution is 2.32. The van der Waals surface area contributed by atoms with Crippen LogP contribution in [0.1, 0.15) is 35.3 Å². The number of rotatable bonds is 9. The molecule has 4 rings (SSSR count). The summed E-state index contributed by atoms with van der Waals surface area (Å²) in [5.74, 6) is -1.04. The molecule has 3 atom stereocenters. The van der Waals surface area contributed by atoms with Crippen molar-refractivity contribution >= 4 is 21.6 Å². The number of halogens is 4. The number of carbonyl (C=O) groups excluding carboxylic acids is 1. The Morgan fingerprint density at radius 1 is 1.09 bits per heavy atom. The van der Waals surface area contributed by atoms with Crippen LogP contribution in [0.25, 0.3) is 0 Å². The van der Waals surface area contributed by atoms with E-state index in [-0.39, 0.29) is 41.0 Å². The number of amides is 1. The van der Waals surface area contributed by atoms with Gasteiger partial charge in [0.25, 0.3) is 15.9 Å². The molecule has 1 aliphatic rings. The number of nitrogens with one attached hydrogen (secondary N) is 1. The van der Waals surface area contributed by atoms with Crippen molar-refractivity contribution in [3.63, 3.8) is 0 Å². The molecule has 0 aromatic heterocycles. The number of fused-ring (bicyclic) bond motifs is 1. The Kier molecular flexibility index (Phi) is 9.67. The van der Waals surface area contributed by atoms with Gasteiger partial charge in [0.05, 0.1) is 28.7 Å². The van der Waals surface area contributed by atoms with Gasteiger partial charge in [-0.15, -0.1) is 0 Å². The number of hydrogen-bond acceptors (Lipinski definition) is 6. The molecule has 0 aliphatic carbocycles. The summed E-state index contributed by atoms with van der Waals surface area (Å²) < 4.78 is 86.6.